The van der Waals surface area contributed by atoms with E-state index in [0.717, 1.165) is 32.3 Å². The Morgan fingerprint density at radius 2 is 1.91 bits per heavy atom. The number of carbonyl (C=O) groups excluding carboxylic acids is 1. The van der Waals surface area contributed by atoms with Crippen molar-refractivity contribution in [1.82, 2.24) is 9.66 Å². The van der Waals surface area contributed by atoms with E-state index in [0.29, 0.717) is 21.4 Å². The van der Waals surface area contributed by atoms with Crippen LogP contribution in [0, 0.1) is 13.8 Å². The van der Waals surface area contributed by atoms with Crippen LogP contribution in [-0.2, 0) is 11.2 Å². The highest BCUT2D eigenvalue weighted by Gasteiger charge is 2.16. The van der Waals surface area contributed by atoms with Crippen LogP contribution < -0.4 is 16.6 Å². The van der Waals surface area contributed by atoms with Gasteiger partial charge in [0.2, 0.25) is 5.91 Å². The second-order valence-corrected chi connectivity index (χ2v) is 9.00. The molecular formula is C26H21N3O4S. The fraction of sp³-hybridized carbons (Fsp3) is 0.154. The molecule has 5 rings (SSSR count). The summed E-state index contributed by atoms with van der Waals surface area (Å²) in [5, 5.41) is 3.20. The van der Waals surface area contributed by atoms with Gasteiger partial charge in [0.15, 0.2) is 0 Å². The lowest BCUT2D eigenvalue weighted by atomic mass is 10.0. The third kappa shape index (κ3) is 3.92. The summed E-state index contributed by atoms with van der Waals surface area (Å²) in [5.41, 5.74) is 6.27. The summed E-state index contributed by atoms with van der Waals surface area (Å²) < 4.78 is 6.57. The molecule has 0 bridgehead atoms. The lowest BCUT2D eigenvalue weighted by molar-refractivity contribution is -0.117. The molecule has 1 amide bonds. The van der Waals surface area contributed by atoms with Gasteiger partial charge in [0.05, 0.1) is 5.39 Å². The maximum absolute atomic E-state index is 13.1. The number of fused-ring (bicyclic) bond motifs is 2. The van der Waals surface area contributed by atoms with Crippen molar-refractivity contribution in [3.63, 3.8) is 0 Å². The van der Waals surface area contributed by atoms with E-state index in [-0.39, 0.29) is 18.4 Å². The fourth-order valence-corrected chi connectivity index (χ4v) is 4.97. The summed E-state index contributed by atoms with van der Waals surface area (Å²) in [6.45, 7) is 3.78. The molecule has 8 heteroatoms. The molecule has 1 N–H and O–H groups in total. The minimum atomic E-state index is -0.450. The number of aryl methyl sites for hydroxylation is 2. The van der Waals surface area contributed by atoms with Gasteiger partial charge in [0.25, 0.3) is 5.56 Å². The quantitative estimate of drug-likeness (QED) is 0.380. The molecule has 3 aromatic heterocycles. The van der Waals surface area contributed by atoms with Crippen molar-refractivity contribution in [2.24, 2.45) is 0 Å². The van der Waals surface area contributed by atoms with Crippen molar-refractivity contribution in [3.05, 3.63) is 97.7 Å². The molecular weight excluding hydrogens is 450 g/mol. The van der Waals surface area contributed by atoms with Crippen LogP contribution >= 0.6 is 11.3 Å². The maximum atomic E-state index is 13.1. The van der Waals surface area contributed by atoms with Crippen molar-refractivity contribution >= 4 is 38.4 Å². The summed E-state index contributed by atoms with van der Waals surface area (Å²) in [7, 11) is 0. The molecule has 2 aromatic carbocycles. The van der Waals surface area contributed by atoms with E-state index in [4.69, 9.17) is 4.42 Å². The Bertz CT molecular complexity index is 1670. The Labute approximate surface area is 198 Å². The van der Waals surface area contributed by atoms with Gasteiger partial charge in [0.1, 0.15) is 16.7 Å². The Morgan fingerprint density at radius 3 is 2.71 bits per heavy atom. The Balaban J connectivity index is 1.39. The summed E-state index contributed by atoms with van der Waals surface area (Å²) in [6.07, 6.45) is 1.52. The molecule has 0 fully saturated rings. The van der Waals surface area contributed by atoms with Crippen LogP contribution in [0.1, 0.15) is 23.1 Å². The molecule has 34 heavy (non-hydrogen) atoms. The monoisotopic (exact) mass is 471 g/mol. The van der Waals surface area contributed by atoms with Gasteiger partial charge in [-0.2, -0.15) is 0 Å². The van der Waals surface area contributed by atoms with Crippen molar-refractivity contribution in [2.75, 3.05) is 5.43 Å². The Morgan fingerprint density at radius 1 is 1.12 bits per heavy atom. The molecule has 170 valence electrons. The lowest BCUT2D eigenvalue weighted by Crippen LogP contribution is -2.33. The second-order valence-electron chi connectivity index (χ2n) is 8.14. The van der Waals surface area contributed by atoms with Crippen LogP contribution in [0.25, 0.3) is 32.3 Å². The summed E-state index contributed by atoms with van der Waals surface area (Å²) >= 11 is 1.38. The predicted octanol–water partition coefficient (Wildman–Crippen LogP) is 4.55. The average Bonchev–Trinajstić information content (AvgIpc) is 3.26. The number of nitrogens with zero attached hydrogens (tertiary/aromatic N) is 2. The predicted molar refractivity (Wildman–Crippen MR) is 134 cm³/mol. The number of hydrogen-bond donors (Lipinski definition) is 1. The van der Waals surface area contributed by atoms with Gasteiger partial charge < -0.3 is 4.42 Å². The first-order chi connectivity index (χ1) is 16.4. The van der Waals surface area contributed by atoms with Crippen LogP contribution in [0.5, 0.6) is 0 Å². The van der Waals surface area contributed by atoms with E-state index in [1.165, 1.54) is 17.7 Å². The molecule has 0 atom stereocenters. The largest absolute Gasteiger partial charge is 0.423 e. The summed E-state index contributed by atoms with van der Waals surface area (Å²) in [4.78, 5) is 43.2. The molecule has 5 aromatic rings. The van der Waals surface area contributed by atoms with E-state index in [9.17, 15) is 14.4 Å². The molecule has 0 aliphatic heterocycles. The van der Waals surface area contributed by atoms with Crippen LogP contribution in [0.15, 0.2) is 74.2 Å². The van der Waals surface area contributed by atoms with Crippen LogP contribution in [0.3, 0.4) is 0 Å². The fourth-order valence-electron chi connectivity index (χ4n) is 4.06. The summed E-state index contributed by atoms with van der Waals surface area (Å²) in [5.74, 6) is -0.400. The SMILES string of the molecule is Cc1ccc2c(C)c(CCC(=O)Nn3cnc4scc(-c5ccccc5)c4c3=O)c(=O)oc2c1. The first-order valence-corrected chi connectivity index (χ1v) is 11.7. The van der Waals surface area contributed by atoms with Gasteiger partial charge >= 0.3 is 5.63 Å². The highest BCUT2D eigenvalue weighted by atomic mass is 32.1. The zero-order valence-corrected chi connectivity index (χ0v) is 19.4. The highest BCUT2D eigenvalue weighted by Crippen LogP contribution is 2.30. The second kappa shape index (κ2) is 8.72. The first-order valence-electron chi connectivity index (χ1n) is 10.8. The van der Waals surface area contributed by atoms with E-state index in [1.54, 1.807) is 0 Å². The number of thiophene rings is 1. The molecule has 0 unspecified atom stereocenters. The molecule has 0 saturated carbocycles. The maximum Gasteiger partial charge on any atom is 0.339 e. The molecule has 0 radical (unpaired) electrons. The molecule has 7 nitrogen and oxygen atoms in total. The molecule has 0 saturated heterocycles. The first kappa shape index (κ1) is 21.8. The van der Waals surface area contributed by atoms with Gasteiger partial charge in [-0.15, -0.1) is 11.3 Å². The van der Waals surface area contributed by atoms with Gasteiger partial charge in [0, 0.05) is 28.3 Å². The van der Waals surface area contributed by atoms with E-state index in [1.807, 2.05) is 67.8 Å². The molecule has 0 aliphatic carbocycles. The number of hydrogen-bond acceptors (Lipinski definition) is 6. The molecule has 3 heterocycles. The smallest absolute Gasteiger partial charge is 0.339 e. The number of carbonyl (C=O) groups is 1. The summed E-state index contributed by atoms with van der Waals surface area (Å²) in [6, 6.07) is 15.3. The topological polar surface area (TPSA) is 94.2 Å². The third-order valence-electron chi connectivity index (χ3n) is 5.87. The number of rotatable bonds is 5. The average molecular weight is 472 g/mol. The minimum absolute atomic E-state index is 0.0165. The van der Waals surface area contributed by atoms with Crippen molar-refractivity contribution in [3.8, 4) is 11.1 Å². The van der Waals surface area contributed by atoms with Gasteiger partial charge in [-0.3, -0.25) is 15.0 Å². The van der Waals surface area contributed by atoms with Crippen molar-refractivity contribution < 1.29 is 9.21 Å². The zero-order valence-electron chi connectivity index (χ0n) is 18.6. The highest BCUT2D eigenvalue weighted by molar-refractivity contribution is 7.17. The Hall–Kier alpha value is -4.04. The van der Waals surface area contributed by atoms with E-state index >= 15 is 0 Å². The number of benzene rings is 2. The number of amides is 1. The molecule has 0 aliphatic rings. The van der Waals surface area contributed by atoms with E-state index < -0.39 is 11.5 Å². The lowest BCUT2D eigenvalue weighted by Gasteiger charge is -2.10. The van der Waals surface area contributed by atoms with Crippen molar-refractivity contribution in [2.45, 2.75) is 26.7 Å². The normalized spacial score (nSPS) is 11.2. The van der Waals surface area contributed by atoms with Crippen LogP contribution in [-0.4, -0.2) is 15.6 Å². The van der Waals surface area contributed by atoms with Crippen molar-refractivity contribution in [1.29, 1.82) is 0 Å². The standard InChI is InChI=1S/C26H21N3O4S/c1-15-8-9-18-16(2)19(26(32)33-21(18)12-15)10-11-22(30)28-29-14-27-24-23(25(29)31)20(13-34-24)17-6-4-3-5-7-17/h3-9,12-14H,10-11H2,1-2H3,(H,28,30). The van der Waals surface area contributed by atoms with Gasteiger partial charge in [-0.05, 0) is 43.0 Å². The number of nitrogens with one attached hydrogen (secondary N) is 1. The third-order valence-corrected chi connectivity index (χ3v) is 6.76. The molecule has 0 spiro atoms. The van der Waals surface area contributed by atoms with Crippen LogP contribution in [0.4, 0.5) is 0 Å². The Kier molecular flexibility index (Phi) is 5.59. The zero-order chi connectivity index (χ0) is 23.8. The van der Waals surface area contributed by atoms with Crippen LogP contribution in [0.2, 0.25) is 0 Å². The minimum Gasteiger partial charge on any atom is -0.423 e. The van der Waals surface area contributed by atoms with Gasteiger partial charge in [-0.1, -0.05) is 42.5 Å². The van der Waals surface area contributed by atoms with Gasteiger partial charge in [-0.25, -0.2) is 14.5 Å². The number of aromatic nitrogens is 2. The van der Waals surface area contributed by atoms with E-state index in [2.05, 4.69) is 10.4 Å².